The zero-order valence-electron chi connectivity index (χ0n) is 14.9. The molecule has 1 aliphatic heterocycles. The Hall–Kier alpha value is -1.83. The summed E-state index contributed by atoms with van der Waals surface area (Å²) in [4.78, 5) is 18.3. The fourth-order valence-electron chi connectivity index (χ4n) is 2.72. The van der Waals surface area contributed by atoms with Crippen molar-refractivity contribution in [3.05, 3.63) is 23.9 Å². The van der Waals surface area contributed by atoms with Crippen LogP contribution in [0.15, 0.2) is 18.3 Å². The summed E-state index contributed by atoms with van der Waals surface area (Å²) in [5.41, 5.74) is -1.93. The molecule has 0 bridgehead atoms. The number of amides is 1. The number of nitrogens with zero attached hydrogens (tertiary/aromatic N) is 2. The van der Waals surface area contributed by atoms with Gasteiger partial charge in [0.05, 0.1) is 5.41 Å². The van der Waals surface area contributed by atoms with Crippen molar-refractivity contribution in [2.24, 2.45) is 5.41 Å². The van der Waals surface area contributed by atoms with E-state index in [1.54, 1.807) is 13.8 Å². The van der Waals surface area contributed by atoms with Crippen LogP contribution in [0.4, 0.5) is 13.2 Å². The van der Waals surface area contributed by atoms with Gasteiger partial charge < -0.3 is 15.0 Å². The van der Waals surface area contributed by atoms with E-state index in [2.05, 4.69) is 22.1 Å². The smallest absolute Gasteiger partial charge is 0.421 e. The molecule has 0 aliphatic carbocycles. The van der Waals surface area contributed by atoms with Gasteiger partial charge in [0.1, 0.15) is 12.2 Å². The molecule has 0 spiro atoms. The molecule has 0 saturated carbocycles. The average molecular weight is 359 g/mol. The molecule has 1 aromatic rings. The van der Waals surface area contributed by atoms with E-state index in [1.165, 1.54) is 12.3 Å². The summed E-state index contributed by atoms with van der Waals surface area (Å²) in [6.07, 6.45) is -2.48. The predicted molar refractivity (Wildman–Crippen MR) is 87.2 cm³/mol. The lowest BCUT2D eigenvalue weighted by atomic mass is 9.93. The van der Waals surface area contributed by atoms with Crippen molar-refractivity contribution >= 4 is 5.91 Å². The third-order valence-electron chi connectivity index (χ3n) is 4.48. The largest absolute Gasteiger partial charge is 0.476 e. The number of halogens is 3. The maximum Gasteiger partial charge on any atom is 0.421 e. The van der Waals surface area contributed by atoms with Gasteiger partial charge in [-0.2, -0.15) is 13.2 Å². The Labute approximate surface area is 145 Å². The third-order valence-corrected chi connectivity index (χ3v) is 4.48. The molecule has 8 heteroatoms. The van der Waals surface area contributed by atoms with Gasteiger partial charge in [-0.05, 0) is 46.4 Å². The van der Waals surface area contributed by atoms with Crippen molar-refractivity contribution in [3.8, 4) is 5.88 Å². The second kappa shape index (κ2) is 7.19. The summed E-state index contributed by atoms with van der Waals surface area (Å²) in [7, 11) is 1.99. The van der Waals surface area contributed by atoms with Gasteiger partial charge in [-0.15, -0.1) is 0 Å². The van der Waals surface area contributed by atoms with Crippen LogP contribution in [0.3, 0.4) is 0 Å². The number of alkyl halides is 3. The Morgan fingerprint density at radius 2 is 2.12 bits per heavy atom. The molecule has 140 valence electrons. The number of likely N-dealkylation sites (tertiary alicyclic amines) is 1. The maximum atomic E-state index is 13.0. The molecular weight excluding hydrogens is 335 g/mol. The number of rotatable bonds is 5. The van der Waals surface area contributed by atoms with Crippen LogP contribution in [0.2, 0.25) is 0 Å². The van der Waals surface area contributed by atoms with Crippen molar-refractivity contribution in [1.29, 1.82) is 0 Å². The van der Waals surface area contributed by atoms with Gasteiger partial charge in [0.15, 0.2) is 0 Å². The number of hydrogen-bond donors (Lipinski definition) is 1. The quantitative estimate of drug-likeness (QED) is 0.878. The first-order valence-electron chi connectivity index (χ1n) is 8.17. The van der Waals surface area contributed by atoms with Gasteiger partial charge >= 0.3 is 6.18 Å². The highest BCUT2D eigenvalue weighted by Crippen LogP contribution is 2.35. The summed E-state index contributed by atoms with van der Waals surface area (Å²) in [5.74, 6) is -0.755. The molecule has 1 saturated heterocycles. The minimum atomic E-state index is -4.55. The summed E-state index contributed by atoms with van der Waals surface area (Å²) < 4.78 is 44.2. The van der Waals surface area contributed by atoms with Crippen molar-refractivity contribution in [2.75, 3.05) is 20.2 Å². The molecule has 2 atom stereocenters. The standard InChI is InChI=1S/C17H24F3N3O2/c1-11-8-12(9-23(11)4)22-15(24)16(2,3)10-25-14-13(17(18,19)20)6-5-7-21-14/h5-7,11-12H,8-10H2,1-4H3,(H,22,24)/t11-,12+/m1/s1. The predicted octanol–water partition coefficient (Wildman–Crippen LogP) is 2.71. The molecule has 0 aromatic carbocycles. The molecular formula is C17H24F3N3O2. The highest BCUT2D eigenvalue weighted by atomic mass is 19.4. The second-order valence-corrected chi connectivity index (χ2v) is 7.22. The molecule has 2 heterocycles. The van der Waals surface area contributed by atoms with Crippen LogP contribution < -0.4 is 10.1 Å². The van der Waals surface area contributed by atoms with E-state index in [0.717, 1.165) is 19.0 Å². The Balaban J connectivity index is 1.99. The Morgan fingerprint density at radius 3 is 2.68 bits per heavy atom. The number of carbonyl (C=O) groups is 1. The number of hydrogen-bond acceptors (Lipinski definition) is 4. The molecule has 0 unspecified atom stereocenters. The first-order chi connectivity index (χ1) is 11.5. The minimum Gasteiger partial charge on any atom is -0.476 e. The Bertz CT molecular complexity index is 609. The van der Waals surface area contributed by atoms with Crippen LogP contribution in [0.1, 0.15) is 32.8 Å². The normalized spacial score (nSPS) is 22.0. The molecule has 5 nitrogen and oxygen atoms in total. The summed E-state index contributed by atoms with van der Waals surface area (Å²) >= 11 is 0. The topological polar surface area (TPSA) is 54.5 Å². The highest BCUT2D eigenvalue weighted by molar-refractivity contribution is 5.82. The fourth-order valence-corrected chi connectivity index (χ4v) is 2.72. The lowest BCUT2D eigenvalue weighted by Crippen LogP contribution is -2.46. The molecule has 0 radical (unpaired) electrons. The van der Waals surface area contributed by atoms with Gasteiger partial charge in [-0.25, -0.2) is 4.98 Å². The lowest BCUT2D eigenvalue weighted by molar-refractivity contribution is -0.139. The number of carbonyl (C=O) groups excluding carboxylic acids is 1. The highest BCUT2D eigenvalue weighted by Gasteiger charge is 2.37. The molecule has 2 rings (SSSR count). The van der Waals surface area contributed by atoms with E-state index in [1.807, 2.05) is 7.05 Å². The third kappa shape index (κ3) is 4.84. The van der Waals surface area contributed by atoms with Gasteiger partial charge in [0.25, 0.3) is 0 Å². The van der Waals surface area contributed by atoms with Crippen LogP contribution in [0.5, 0.6) is 5.88 Å². The SMILES string of the molecule is C[C@@H]1C[C@H](NC(=O)C(C)(C)COc2ncccc2C(F)(F)F)CN1C. The van der Waals surface area contributed by atoms with Crippen molar-refractivity contribution < 1.29 is 22.7 Å². The minimum absolute atomic E-state index is 0.0346. The van der Waals surface area contributed by atoms with Gasteiger partial charge in [0.2, 0.25) is 11.8 Å². The van der Waals surface area contributed by atoms with Crippen molar-refractivity contribution in [2.45, 2.75) is 45.5 Å². The molecule has 1 aliphatic rings. The zero-order valence-corrected chi connectivity index (χ0v) is 14.9. The first kappa shape index (κ1) is 19.5. The number of likely N-dealkylation sites (N-methyl/N-ethyl adjacent to an activating group) is 1. The number of aromatic nitrogens is 1. The van der Waals surface area contributed by atoms with E-state index in [4.69, 9.17) is 4.74 Å². The van der Waals surface area contributed by atoms with Crippen LogP contribution in [-0.2, 0) is 11.0 Å². The van der Waals surface area contributed by atoms with Crippen molar-refractivity contribution in [3.63, 3.8) is 0 Å². The van der Waals surface area contributed by atoms with E-state index in [0.29, 0.717) is 6.04 Å². The number of nitrogens with one attached hydrogen (secondary N) is 1. The number of pyridine rings is 1. The van der Waals surface area contributed by atoms with Gasteiger partial charge in [-0.1, -0.05) is 0 Å². The Morgan fingerprint density at radius 1 is 1.44 bits per heavy atom. The lowest BCUT2D eigenvalue weighted by Gasteiger charge is -2.26. The average Bonchev–Trinajstić information content (AvgIpc) is 2.82. The van der Waals surface area contributed by atoms with Crippen LogP contribution in [0, 0.1) is 5.41 Å². The van der Waals surface area contributed by atoms with Crippen molar-refractivity contribution in [1.82, 2.24) is 15.2 Å². The summed E-state index contributed by atoms with van der Waals surface area (Å²) in [6.45, 7) is 5.92. The Kier molecular flexibility index (Phi) is 5.61. The molecule has 1 fully saturated rings. The molecule has 25 heavy (non-hydrogen) atoms. The molecule has 1 amide bonds. The fraction of sp³-hybridized carbons (Fsp3) is 0.647. The van der Waals surface area contributed by atoms with Gasteiger partial charge in [-0.3, -0.25) is 4.79 Å². The molecule has 1 N–H and O–H groups in total. The first-order valence-corrected chi connectivity index (χ1v) is 8.17. The monoisotopic (exact) mass is 359 g/mol. The zero-order chi connectivity index (χ0) is 18.8. The van der Waals surface area contributed by atoms with E-state index in [9.17, 15) is 18.0 Å². The van der Waals surface area contributed by atoms with E-state index >= 15 is 0 Å². The molecule has 1 aromatic heterocycles. The number of ether oxygens (including phenoxy) is 1. The van der Waals surface area contributed by atoms with E-state index < -0.39 is 23.0 Å². The van der Waals surface area contributed by atoms with Crippen LogP contribution in [-0.4, -0.2) is 48.1 Å². The maximum absolute atomic E-state index is 13.0. The summed E-state index contributed by atoms with van der Waals surface area (Å²) in [5, 5.41) is 2.96. The van der Waals surface area contributed by atoms with Crippen LogP contribution in [0.25, 0.3) is 0 Å². The van der Waals surface area contributed by atoms with Crippen LogP contribution >= 0.6 is 0 Å². The second-order valence-electron chi connectivity index (χ2n) is 7.22. The van der Waals surface area contributed by atoms with Gasteiger partial charge in [0, 0.05) is 24.8 Å². The van der Waals surface area contributed by atoms with E-state index in [-0.39, 0.29) is 18.6 Å². The summed E-state index contributed by atoms with van der Waals surface area (Å²) in [6, 6.07) is 2.52.